The Morgan fingerprint density at radius 2 is 2.25 bits per heavy atom. The van der Waals surface area contributed by atoms with Gasteiger partial charge in [-0.25, -0.2) is 4.79 Å². The van der Waals surface area contributed by atoms with Gasteiger partial charge in [-0.3, -0.25) is 0 Å². The highest BCUT2D eigenvalue weighted by Crippen LogP contribution is 2.24. The van der Waals surface area contributed by atoms with E-state index in [1.165, 1.54) is 0 Å². The van der Waals surface area contributed by atoms with Crippen LogP contribution in [0, 0.1) is 0 Å². The molecule has 0 saturated heterocycles. The second-order valence-electron chi connectivity index (χ2n) is 4.27. The number of hydrogen-bond donors (Lipinski definition) is 2. The Balaban J connectivity index is 2.75. The van der Waals surface area contributed by atoms with Gasteiger partial charge in [0.2, 0.25) is 0 Å². The molecule has 5 nitrogen and oxygen atoms in total. The van der Waals surface area contributed by atoms with Crippen LogP contribution in [-0.4, -0.2) is 37.4 Å². The standard InChI is InChI=1S/C14H20BrNO4/c1-3-12(14(17)18)20-13-5-4-11(15)8-10(13)9-16-6-7-19-2/h4-5,8,12,16H,3,6-7,9H2,1-2H3,(H,17,18). The molecule has 0 fully saturated rings. The Morgan fingerprint density at radius 1 is 1.50 bits per heavy atom. The second kappa shape index (κ2) is 8.94. The first kappa shape index (κ1) is 16.9. The van der Waals surface area contributed by atoms with E-state index in [1.54, 1.807) is 20.1 Å². The van der Waals surface area contributed by atoms with Crippen molar-refractivity contribution in [3.8, 4) is 5.75 Å². The molecule has 1 aromatic rings. The van der Waals surface area contributed by atoms with Gasteiger partial charge in [-0.1, -0.05) is 22.9 Å². The number of ether oxygens (including phenoxy) is 2. The molecule has 0 aliphatic carbocycles. The number of aliphatic carboxylic acids is 1. The molecule has 1 unspecified atom stereocenters. The molecule has 1 atom stereocenters. The van der Waals surface area contributed by atoms with Gasteiger partial charge in [-0.2, -0.15) is 0 Å². The van der Waals surface area contributed by atoms with E-state index in [-0.39, 0.29) is 0 Å². The largest absolute Gasteiger partial charge is 0.479 e. The Hall–Kier alpha value is -1.11. The fraction of sp³-hybridized carbons (Fsp3) is 0.500. The third-order valence-corrected chi connectivity index (χ3v) is 3.23. The van der Waals surface area contributed by atoms with Crippen molar-refractivity contribution < 1.29 is 19.4 Å². The number of carboxylic acids is 1. The van der Waals surface area contributed by atoms with Crippen molar-refractivity contribution >= 4 is 21.9 Å². The molecular formula is C14H20BrNO4. The zero-order valence-electron chi connectivity index (χ0n) is 11.7. The number of hydrogen-bond acceptors (Lipinski definition) is 4. The van der Waals surface area contributed by atoms with Gasteiger partial charge >= 0.3 is 5.97 Å². The van der Waals surface area contributed by atoms with Crippen LogP contribution in [0.5, 0.6) is 5.75 Å². The topological polar surface area (TPSA) is 67.8 Å². The summed E-state index contributed by atoms with van der Waals surface area (Å²) < 4.78 is 11.5. The lowest BCUT2D eigenvalue weighted by Gasteiger charge is -2.17. The maximum Gasteiger partial charge on any atom is 0.344 e. The van der Waals surface area contributed by atoms with Crippen LogP contribution in [0.15, 0.2) is 22.7 Å². The molecule has 0 spiro atoms. The predicted molar refractivity (Wildman–Crippen MR) is 80.1 cm³/mol. The molecule has 112 valence electrons. The lowest BCUT2D eigenvalue weighted by atomic mass is 10.2. The SMILES string of the molecule is CCC(Oc1ccc(Br)cc1CNCCOC)C(=O)O. The zero-order chi connectivity index (χ0) is 15.0. The smallest absolute Gasteiger partial charge is 0.344 e. The molecule has 0 saturated carbocycles. The van der Waals surface area contributed by atoms with Crippen molar-refractivity contribution in [1.82, 2.24) is 5.32 Å². The summed E-state index contributed by atoms with van der Waals surface area (Å²) in [5.74, 6) is -0.360. The van der Waals surface area contributed by atoms with Gasteiger partial charge in [-0.15, -0.1) is 0 Å². The van der Waals surface area contributed by atoms with E-state index in [9.17, 15) is 4.79 Å². The summed E-state index contributed by atoms with van der Waals surface area (Å²) in [7, 11) is 1.65. The van der Waals surface area contributed by atoms with Crippen LogP contribution in [0.3, 0.4) is 0 Å². The molecule has 0 aromatic heterocycles. The summed E-state index contributed by atoms with van der Waals surface area (Å²) in [4.78, 5) is 11.0. The summed E-state index contributed by atoms with van der Waals surface area (Å²) >= 11 is 3.41. The van der Waals surface area contributed by atoms with Gasteiger partial charge in [0, 0.05) is 30.2 Å². The van der Waals surface area contributed by atoms with Crippen LogP contribution in [0.1, 0.15) is 18.9 Å². The minimum absolute atomic E-state index is 0.419. The average Bonchev–Trinajstić information content (AvgIpc) is 2.42. The van der Waals surface area contributed by atoms with Crippen LogP contribution >= 0.6 is 15.9 Å². The maximum absolute atomic E-state index is 11.0. The van der Waals surface area contributed by atoms with E-state index in [1.807, 2.05) is 12.1 Å². The molecule has 1 rings (SSSR count). The highest BCUT2D eigenvalue weighted by molar-refractivity contribution is 9.10. The minimum atomic E-state index is -0.950. The van der Waals surface area contributed by atoms with Crippen LogP contribution in [0.4, 0.5) is 0 Å². The molecule has 6 heteroatoms. The molecule has 0 aliphatic heterocycles. The number of rotatable bonds is 9. The minimum Gasteiger partial charge on any atom is -0.479 e. The predicted octanol–water partition coefficient (Wildman–Crippen LogP) is 2.43. The second-order valence-corrected chi connectivity index (χ2v) is 5.19. The number of methoxy groups -OCH3 is 1. The maximum atomic E-state index is 11.0. The van der Waals surface area contributed by atoms with Gasteiger partial charge in [-0.05, 0) is 24.6 Å². The average molecular weight is 346 g/mol. The first-order chi connectivity index (χ1) is 9.58. The van der Waals surface area contributed by atoms with E-state index < -0.39 is 12.1 Å². The normalized spacial score (nSPS) is 12.2. The first-order valence-electron chi connectivity index (χ1n) is 6.46. The zero-order valence-corrected chi connectivity index (χ0v) is 13.3. The highest BCUT2D eigenvalue weighted by atomic mass is 79.9. The summed E-state index contributed by atoms with van der Waals surface area (Å²) in [6.07, 6.45) is -0.407. The molecule has 1 aromatic carbocycles. The van der Waals surface area contributed by atoms with Crippen LogP contribution in [0.25, 0.3) is 0 Å². The van der Waals surface area contributed by atoms with Crippen LogP contribution < -0.4 is 10.1 Å². The molecular weight excluding hydrogens is 326 g/mol. The van der Waals surface area contributed by atoms with Gasteiger partial charge < -0.3 is 19.9 Å². The third-order valence-electron chi connectivity index (χ3n) is 2.74. The fourth-order valence-electron chi connectivity index (χ4n) is 1.66. The molecule has 0 radical (unpaired) electrons. The Labute approximate surface area is 127 Å². The Kier molecular flexibility index (Phi) is 7.58. The summed E-state index contributed by atoms with van der Waals surface area (Å²) in [5.41, 5.74) is 0.912. The van der Waals surface area contributed by atoms with E-state index in [0.29, 0.717) is 25.3 Å². The summed E-state index contributed by atoms with van der Waals surface area (Å²) in [6.45, 7) is 3.72. The van der Waals surface area contributed by atoms with Crippen molar-refractivity contribution in [2.75, 3.05) is 20.3 Å². The molecule has 0 heterocycles. The third kappa shape index (κ3) is 5.48. The number of carbonyl (C=O) groups is 1. The van der Waals surface area contributed by atoms with Crippen LogP contribution in [0.2, 0.25) is 0 Å². The van der Waals surface area contributed by atoms with E-state index in [4.69, 9.17) is 14.6 Å². The summed E-state index contributed by atoms with van der Waals surface area (Å²) in [6, 6.07) is 5.54. The first-order valence-corrected chi connectivity index (χ1v) is 7.25. The molecule has 0 aliphatic rings. The van der Waals surface area contributed by atoms with Gasteiger partial charge in [0.15, 0.2) is 6.10 Å². The van der Waals surface area contributed by atoms with E-state index in [0.717, 1.165) is 16.6 Å². The lowest BCUT2D eigenvalue weighted by molar-refractivity contribution is -0.145. The molecule has 2 N–H and O–H groups in total. The van der Waals surface area contributed by atoms with Gasteiger partial charge in [0.05, 0.1) is 6.61 Å². The highest BCUT2D eigenvalue weighted by Gasteiger charge is 2.18. The number of halogens is 1. The van der Waals surface area contributed by atoms with Gasteiger partial charge in [0.1, 0.15) is 5.75 Å². The van der Waals surface area contributed by atoms with E-state index >= 15 is 0 Å². The van der Waals surface area contributed by atoms with Crippen molar-refractivity contribution in [3.63, 3.8) is 0 Å². The molecule has 20 heavy (non-hydrogen) atoms. The van der Waals surface area contributed by atoms with Crippen molar-refractivity contribution in [3.05, 3.63) is 28.2 Å². The Bertz CT molecular complexity index is 439. The summed E-state index contributed by atoms with van der Waals surface area (Å²) in [5, 5.41) is 12.3. The number of benzene rings is 1. The molecule has 0 bridgehead atoms. The monoisotopic (exact) mass is 345 g/mol. The lowest BCUT2D eigenvalue weighted by Crippen LogP contribution is -2.27. The quantitative estimate of drug-likeness (QED) is 0.672. The Morgan fingerprint density at radius 3 is 2.85 bits per heavy atom. The number of carboxylic acid groups (broad SMARTS) is 1. The van der Waals surface area contributed by atoms with Gasteiger partial charge in [0.25, 0.3) is 0 Å². The van der Waals surface area contributed by atoms with Crippen molar-refractivity contribution in [2.24, 2.45) is 0 Å². The fourth-order valence-corrected chi connectivity index (χ4v) is 2.07. The molecule has 0 amide bonds. The van der Waals surface area contributed by atoms with Crippen molar-refractivity contribution in [1.29, 1.82) is 0 Å². The van der Waals surface area contributed by atoms with E-state index in [2.05, 4.69) is 21.2 Å². The van der Waals surface area contributed by atoms with Crippen molar-refractivity contribution in [2.45, 2.75) is 26.0 Å². The van der Waals surface area contributed by atoms with Crippen LogP contribution in [-0.2, 0) is 16.1 Å². The number of nitrogens with one attached hydrogen (secondary N) is 1.